The molecule has 0 unspecified atom stereocenters. The molecule has 19 heavy (non-hydrogen) atoms. The van der Waals surface area contributed by atoms with Gasteiger partial charge in [0, 0.05) is 19.3 Å². The van der Waals surface area contributed by atoms with Crippen molar-refractivity contribution in [2.75, 3.05) is 6.54 Å². The molecule has 2 aromatic rings. The van der Waals surface area contributed by atoms with Gasteiger partial charge in [0.25, 0.3) is 0 Å². The standard InChI is InChI=1S/C13H22N6/c1-4-14-7-12-5-6-18(17-12)9-13-15-10-16-19(13)8-11(2)3/h5-6,10-11,14H,4,7-9H2,1-3H3. The van der Waals surface area contributed by atoms with Gasteiger partial charge < -0.3 is 5.32 Å². The van der Waals surface area contributed by atoms with Gasteiger partial charge in [0.2, 0.25) is 0 Å². The van der Waals surface area contributed by atoms with Crippen LogP contribution >= 0.6 is 0 Å². The summed E-state index contributed by atoms with van der Waals surface area (Å²) < 4.78 is 3.86. The van der Waals surface area contributed by atoms with Gasteiger partial charge >= 0.3 is 0 Å². The number of nitrogens with one attached hydrogen (secondary N) is 1. The Morgan fingerprint density at radius 1 is 1.37 bits per heavy atom. The predicted octanol–water partition coefficient (Wildman–Crippen LogP) is 1.29. The maximum absolute atomic E-state index is 4.52. The lowest BCUT2D eigenvalue weighted by molar-refractivity contribution is 0.456. The van der Waals surface area contributed by atoms with E-state index < -0.39 is 0 Å². The van der Waals surface area contributed by atoms with Crippen molar-refractivity contribution >= 4 is 0 Å². The Kier molecular flexibility index (Phi) is 4.68. The Balaban J connectivity index is 2.00. The monoisotopic (exact) mass is 262 g/mol. The zero-order valence-corrected chi connectivity index (χ0v) is 11.9. The van der Waals surface area contributed by atoms with Crippen LogP contribution in [-0.4, -0.2) is 31.1 Å². The number of rotatable bonds is 7. The number of nitrogens with zero attached hydrogens (tertiary/aromatic N) is 5. The maximum atomic E-state index is 4.52. The third-order valence-electron chi connectivity index (χ3n) is 2.79. The minimum absolute atomic E-state index is 0.558. The van der Waals surface area contributed by atoms with Crippen LogP contribution in [0.5, 0.6) is 0 Å². The number of hydrogen-bond acceptors (Lipinski definition) is 4. The Bertz CT molecular complexity index is 499. The summed E-state index contributed by atoms with van der Waals surface area (Å²) in [5, 5.41) is 12.0. The minimum atomic E-state index is 0.558. The van der Waals surface area contributed by atoms with E-state index >= 15 is 0 Å². The number of hydrogen-bond donors (Lipinski definition) is 1. The van der Waals surface area contributed by atoms with Crippen molar-refractivity contribution in [2.45, 2.75) is 40.4 Å². The molecule has 0 aromatic carbocycles. The van der Waals surface area contributed by atoms with Gasteiger partial charge in [-0.3, -0.25) is 4.68 Å². The molecule has 0 bridgehead atoms. The van der Waals surface area contributed by atoms with Crippen molar-refractivity contribution in [1.29, 1.82) is 0 Å². The summed E-state index contributed by atoms with van der Waals surface area (Å²) in [5.41, 5.74) is 1.05. The maximum Gasteiger partial charge on any atom is 0.148 e. The molecule has 0 radical (unpaired) electrons. The minimum Gasteiger partial charge on any atom is -0.311 e. The van der Waals surface area contributed by atoms with Crippen LogP contribution in [0.2, 0.25) is 0 Å². The summed E-state index contributed by atoms with van der Waals surface area (Å²) in [7, 11) is 0. The fourth-order valence-electron chi connectivity index (χ4n) is 1.89. The van der Waals surface area contributed by atoms with Crippen LogP contribution < -0.4 is 5.32 Å². The average Bonchev–Trinajstić information content (AvgIpc) is 2.97. The summed E-state index contributed by atoms with van der Waals surface area (Å²) in [5.74, 6) is 1.51. The molecule has 0 amide bonds. The summed E-state index contributed by atoms with van der Waals surface area (Å²) in [6, 6.07) is 2.03. The van der Waals surface area contributed by atoms with E-state index in [4.69, 9.17) is 0 Å². The molecule has 6 nitrogen and oxygen atoms in total. The van der Waals surface area contributed by atoms with Gasteiger partial charge in [-0.05, 0) is 18.5 Å². The second kappa shape index (κ2) is 6.47. The smallest absolute Gasteiger partial charge is 0.148 e. The highest BCUT2D eigenvalue weighted by Crippen LogP contribution is 2.04. The molecule has 6 heteroatoms. The van der Waals surface area contributed by atoms with Crippen LogP contribution in [0, 0.1) is 5.92 Å². The highest BCUT2D eigenvalue weighted by molar-refractivity contribution is 5.00. The molecule has 0 aliphatic heterocycles. The fraction of sp³-hybridized carbons (Fsp3) is 0.615. The Morgan fingerprint density at radius 2 is 2.21 bits per heavy atom. The van der Waals surface area contributed by atoms with E-state index in [-0.39, 0.29) is 0 Å². The summed E-state index contributed by atoms with van der Waals surface area (Å²) >= 11 is 0. The lowest BCUT2D eigenvalue weighted by Crippen LogP contribution is -2.15. The highest BCUT2D eigenvalue weighted by Gasteiger charge is 2.07. The molecular formula is C13H22N6. The first-order valence-electron chi connectivity index (χ1n) is 6.78. The van der Waals surface area contributed by atoms with E-state index in [2.05, 4.69) is 41.3 Å². The molecule has 2 heterocycles. The zero-order valence-electron chi connectivity index (χ0n) is 11.9. The molecule has 104 valence electrons. The van der Waals surface area contributed by atoms with Crippen molar-refractivity contribution in [3.05, 3.63) is 30.1 Å². The topological polar surface area (TPSA) is 60.6 Å². The largest absolute Gasteiger partial charge is 0.311 e. The molecule has 0 saturated carbocycles. The van der Waals surface area contributed by atoms with Crippen LogP contribution in [0.3, 0.4) is 0 Å². The Morgan fingerprint density at radius 3 is 2.95 bits per heavy atom. The van der Waals surface area contributed by atoms with E-state index in [0.717, 1.165) is 31.2 Å². The predicted molar refractivity (Wildman–Crippen MR) is 73.6 cm³/mol. The molecule has 0 saturated heterocycles. The van der Waals surface area contributed by atoms with Gasteiger partial charge in [0.05, 0.1) is 5.69 Å². The lowest BCUT2D eigenvalue weighted by Gasteiger charge is -2.08. The quantitative estimate of drug-likeness (QED) is 0.817. The molecule has 0 aliphatic rings. The second-order valence-electron chi connectivity index (χ2n) is 5.04. The first-order valence-corrected chi connectivity index (χ1v) is 6.78. The van der Waals surface area contributed by atoms with Crippen LogP contribution in [-0.2, 0) is 19.6 Å². The average molecular weight is 262 g/mol. The molecule has 2 aromatic heterocycles. The fourth-order valence-corrected chi connectivity index (χ4v) is 1.89. The Labute approximate surface area is 113 Å². The van der Waals surface area contributed by atoms with E-state index in [0.29, 0.717) is 12.5 Å². The normalized spacial score (nSPS) is 11.4. The first kappa shape index (κ1) is 13.7. The van der Waals surface area contributed by atoms with E-state index in [9.17, 15) is 0 Å². The molecule has 1 N–H and O–H groups in total. The van der Waals surface area contributed by atoms with Crippen LogP contribution in [0.25, 0.3) is 0 Å². The third-order valence-corrected chi connectivity index (χ3v) is 2.79. The summed E-state index contributed by atoms with van der Waals surface area (Å²) in [6.45, 7) is 9.75. The molecule has 0 aliphatic carbocycles. The van der Waals surface area contributed by atoms with Gasteiger partial charge in [0.1, 0.15) is 18.7 Å². The Hall–Kier alpha value is -1.69. The first-order chi connectivity index (χ1) is 9.19. The molecule has 0 fully saturated rings. The summed E-state index contributed by atoms with van der Waals surface area (Å²) in [6.07, 6.45) is 3.60. The van der Waals surface area contributed by atoms with Crippen molar-refractivity contribution in [3.63, 3.8) is 0 Å². The van der Waals surface area contributed by atoms with Crippen molar-refractivity contribution in [3.8, 4) is 0 Å². The number of aromatic nitrogens is 5. The third kappa shape index (κ3) is 3.89. The van der Waals surface area contributed by atoms with Crippen LogP contribution in [0.15, 0.2) is 18.6 Å². The van der Waals surface area contributed by atoms with Gasteiger partial charge in [-0.1, -0.05) is 20.8 Å². The van der Waals surface area contributed by atoms with Gasteiger partial charge in [-0.25, -0.2) is 9.67 Å². The van der Waals surface area contributed by atoms with E-state index in [1.807, 2.05) is 21.6 Å². The molecule has 0 atom stereocenters. The lowest BCUT2D eigenvalue weighted by atomic mass is 10.2. The van der Waals surface area contributed by atoms with Gasteiger partial charge in [0.15, 0.2) is 0 Å². The molecule has 0 spiro atoms. The van der Waals surface area contributed by atoms with Crippen molar-refractivity contribution < 1.29 is 0 Å². The van der Waals surface area contributed by atoms with Gasteiger partial charge in [-0.15, -0.1) is 0 Å². The highest BCUT2D eigenvalue weighted by atomic mass is 15.4. The zero-order chi connectivity index (χ0) is 13.7. The van der Waals surface area contributed by atoms with Gasteiger partial charge in [-0.2, -0.15) is 10.2 Å². The van der Waals surface area contributed by atoms with Crippen molar-refractivity contribution in [2.24, 2.45) is 5.92 Å². The van der Waals surface area contributed by atoms with Crippen molar-refractivity contribution in [1.82, 2.24) is 29.9 Å². The van der Waals surface area contributed by atoms with E-state index in [1.165, 1.54) is 0 Å². The van der Waals surface area contributed by atoms with Crippen LogP contribution in [0.1, 0.15) is 32.3 Å². The summed E-state index contributed by atoms with van der Waals surface area (Å²) in [4.78, 5) is 4.31. The molecule has 2 rings (SSSR count). The van der Waals surface area contributed by atoms with Crippen LogP contribution in [0.4, 0.5) is 0 Å². The molecular weight excluding hydrogens is 240 g/mol. The second-order valence-corrected chi connectivity index (χ2v) is 5.04. The van der Waals surface area contributed by atoms with E-state index in [1.54, 1.807) is 6.33 Å². The SMILES string of the molecule is CCNCc1ccn(Cc2ncnn2CC(C)C)n1.